The normalized spacial score (nSPS) is 11.2. The van der Waals surface area contributed by atoms with Crippen LogP contribution >= 0.6 is 0 Å². The molecule has 6 nitrogen and oxygen atoms in total. The Morgan fingerprint density at radius 1 is 1.03 bits per heavy atom. The summed E-state index contributed by atoms with van der Waals surface area (Å²) in [5.41, 5.74) is 2.71. The van der Waals surface area contributed by atoms with Crippen LogP contribution in [0.4, 0.5) is 0 Å². The Kier molecular flexibility index (Phi) is 6.42. The van der Waals surface area contributed by atoms with Crippen molar-refractivity contribution in [1.29, 1.82) is 5.26 Å². The molecule has 4 rings (SSSR count). The minimum atomic E-state index is -0.183. The van der Waals surface area contributed by atoms with Crippen molar-refractivity contribution in [3.8, 4) is 23.3 Å². The minimum Gasteiger partial charge on any atom is -0.490 e. The van der Waals surface area contributed by atoms with Crippen molar-refractivity contribution < 1.29 is 9.47 Å². The van der Waals surface area contributed by atoms with Gasteiger partial charge in [-0.25, -0.2) is 4.68 Å². The lowest BCUT2D eigenvalue weighted by atomic mass is 10.1. The van der Waals surface area contributed by atoms with Crippen LogP contribution in [0.2, 0.25) is 0 Å². The van der Waals surface area contributed by atoms with Crippen LogP contribution in [0.15, 0.2) is 77.6 Å². The Bertz CT molecular complexity index is 1480. The van der Waals surface area contributed by atoms with Gasteiger partial charge in [-0.05, 0) is 48.9 Å². The molecule has 6 heteroatoms. The largest absolute Gasteiger partial charge is 0.490 e. The van der Waals surface area contributed by atoms with Gasteiger partial charge in [-0.3, -0.25) is 9.89 Å². The van der Waals surface area contributed by atoms with Crippen molar-refractivity contribution in [3.63, 3.8) is 0 Å². The average molecular weight is 437 g/mol. The lowest BCUT2D eigenvalue weighted by Crippen LogP contribution is -2.33. The van der Waals surface area contributed by atoms with Gasteiger partial charge in [0.25, 0.3) is 5.56 Å². The molecular formula is C27H23N3O3. The van der Waals surface area contributed by atoms with Gasteiger partial charge in [0.1, 0.15) is 6.61 Å². The van der Waals surface area contributed by atoms with Crippen molar-refractivity contribution in [2.24, 2.45) is 0 Å². The number of nitrogens with zero attached hydrogens (tertiary/aromatic N) is 2. The Labute approximate surface area is 191 Å². The SMILES string of the molecule is C=c1[nH]n(-c2ccccc2)c(=O)/c1=C/c1ccc(OCc2ccccc2C#N)c(OCC)c1. The van der Waals surface area contributed by atoms with E-state index in [1.807, 2.05) is 67.6 Å². The zero-order valence-corrected chi connectivity index (χ0v) is 18.2. The zero-order valence-electron chi connectivity index (χ0n) is 18.2. The summed E-state index contributed by atoms with van der Waals surface area (Å²) in [6.45, 7) is 6.59. The fourth-order valence-electron chi connectivity index (χ4n) is 3.48. The number of para-hydroxylation sites is 1. The van der Waals surface area contributed by atoms with E-state index in [-0.39, 0.29) is 12.2 Å². The van der Waals surface area contributed by atoms with Crippen LogP contribution in [-0.2, 0) is 6.61 Å². The molecule has 0 radical (unpaired) electrons. The maximum atomic E-state index is 13.0. The number of hydrogen-bond acceptors (Lipinski definition) is 4. The van der Waals surface area contributed by atoms with Gasteiger partial charge in [0.2, 0.25) is 0 Å². The number of ether oxygens (including phenoxy) is 2. The molecule has 0 spiro atoms. The summed E-state index contributed by atoms with van der Waals surface area (Å²) in [5.74, 6) is 1.12. The number of benzene rings is 3. The molecular weight excluding hydrogens is 414 g/mol. The molecule has 0 fully saturated rings. The van der Waals surface area contributed by atoms with Crippen LogP contribution in [0, 0.1) is 11.3 Å². The first-order chi connectivity index (χ1) is 16.1. The van der Waals surface area contributed by atoms with Crippen molar-refractivity contribution in [3.05, 3.63) is 110 Å². The maximum absolute atomic E-state index is 13.0. The van der Waals surface area contributed by atoms with Gasteiger partial charge in [0.05, 0.1) is 34.5 Å². The second-order valence-electron chi connectivity index (χ2n) is 7.32. The molecule has 33 heavy (non-hydrogen) atoms. The van der Waals surface area contributed by atoms with E-state index < -0.39 is 0 Å². The molecule has 4 aromatic rings. The second kappa shape index (κ2) is 9.75. The number of aromatic nitrogens is 2. The van der Waals surface area contributed by atoms with E-state index >= 15 is 0 Å². The molecule has 0 atom stereocenters. The topological polar surface area (TPSA) is 80.0 Å². The number of H-pyrrole nitrogens is 1. The molecule has 3 aromatic carbocycles. The highest BCUT2D eigenvalue weighted by atomic mass is 16.5. The predicted octanol–water partition coefficient (Wildman–Crippen LogP) is 3.25. The summed E-state index contributed by atoms with van der Waals surface area (Å²) in [6.07, 6.45) is 1.78. The summed E-state index contributed by atoms with van der Waals surface area (Å²) in [7, 11) is 0. The summed E-state index contributed by atoms with van der Waals surface area (Å²) in [6, 6.07) is 24.3. The Morgan fingerprint density at radius 2 is 1.79 bits per heavy atom. The molecule has 0 saturated carbocycles. The van der Waals surface area contributed by atoms with E-state index in [1.54, 1.807) is 18.2 Å². The molecule has 0 aliphatic carbocycles. The van der Waals surface area contributed by atoms with Crippen LogP contribution in [0.3, 0.4) is 0 Å². The molecule has 0 aliphatic heterocycles. The maximum Gasteiger partial charge on any atom is 0.279 e. The number of nitrogens with one attached hydrogen (secondary N) is 1. The van der Waals surface area contributed by atoms with Gasteiger partial charge >= 0.3 is 0 Å². The zero-order chi connectivity index (χ0) is 23.2. The first-order valence-corrected chi connectivity index (χ1v) is 10.6. The van der Waals surface area contributed by atoms with E-state index in [4.69, 9.17) is 9.47 Å². The molecule has 0 aliphatic rings. The number of rotatable bonds is 7. The van der Waals surface area contributed by atoms with Crippen molar-refractivity contribution in [2.75, 3.05) is 6.61 Å². The van der Waals surface area contributed by atoms with E-state index in [0.29, 0.717) is 34.2 Å². The van der Waals surface area contributed by atoms with Gasteiger partial charge in [0, 0.05) is 5.56 Å². The smallest absolute Gasteiger partial charge is 0.279 e. The molecule has 0 amide bonds. The lowest BCUT2D eigenvalue weighted by Gasteiger charge is -2.13. The first-order valence-electron chi connectivity index (χ1n) is 10.6. The summed E-state index contributed by atoms with van der Waals surface area (Å²) in [5, 5.41) is 13.3. The van der Waals surface area contributed by atoms with Gasteiger partial charge in [0.15, 0.2) is 11.5 Å². The molecule has 0 unspecified atom stereocenters. The summed E-state index contributed by atoms with van der Waals surface area (Å²) < 4.78 is 13.2. The van der Waals surface area contributed by atoms with Crippen LogP contribution in [-0.4, -0.2) is 16.4 Å². The van der Waals surface area contributed by atoms with E-state index in [9.17, 15) is 10.1 Å². The summed E-state index contributed by atoms with van der Waals surface area (Å²) in [4.78, 5) is 13.0. The van der Waals surface area contributed by atoms with Crippen molar-refractivity contribution in [1.82, 2.24) is 9.78 Å². The monoisotopic (exact) mass is 437 g/mol. The third-order valence-corrected chi connectivity index (χ3v) is 5.12. The Balaban J connectivity index is 1.67. The second-order valence-corrected chi connectivity index (χ2v) is 7.32. The molecule has 164 valence electrons. The van der Waals surface area contributed by atoms with Crippen molar-refractivity contribution in [2.45, 2.75) is 13.5 Å². The van der Waals surface area contributed by atoms with Crippen molar-refractivity contribution >= 4 is 12.7 Å². The Hall–Kier alpha value is -4.50. The fourth-order valence-corrected chi connectivity index (χ4v) is 3.48. The fraction of sp³-hybridized carbons (Fsp3) is 0.111. The third-order valence-electron chi connectivity index (χ3n) is 5.12. The Morgan fingerprint density at radius 3 is 2.55 bits per heavy atom. The van der Waals surface area contributed by atoms with Gasteiger partial charge in [-0.15, -0.1) is 0 Å². The molecule has 1 heterocycles. The van der Waals surface area contributed by atoms with Gasteiger partial charge < -0.3 is 9.47 Å². The highest BCUT2D eigenvalue weighted by Crippen LogP contribution is 2.29. The van der Waals surface area contributed by atoms with Crippen LogP contribution in [0.5, 0.6) is 11.5 Å². The van der Waals surface area contributed by atoms with Crippen LogP contribution in [0.1, 0.15) is 23.6 Å². The highest BCUT2D eigenvalue weighted by molar-refractivity contribution is 5.56. The minimum absolute atomic E-state index is 0.183. The number of nitriles is 1. The van der Waals surface area contributed by atoms with Gasteiger partial charge in [-0.1, -0.05) is 49.0 Å². The highest BCUT2D eigenvalue weighted by Gasteiger charge is 2.09. The lowest BCUT2D eigenvalue weighted by molar-refractivity contribution is 0.269. The van der Waals surface area contributed by atoms with E-state index in [1.165, 1.54) is 4.68 Å². The molecule has 0 saturated heterocycles. The standard InChI is InChI=1S/C27H23N3O3/c1-3-32-26-16-20(13-14-25(26)33-18-22-10-8-7-9-21(22)17-28)15-24-19(2)29-30(27(24)31)23-11-5-4-6-12-23/h4-16,29H,2-3,18H2,1H3/b24-15+. The van der Waals surface area contributed by atoms with Crippen LogP contribution < -0.4 is 25.6 Å². The third kappa shape index (κ3) is 4.73. The summed E-state index contributed by atoms with van der Waals surface area (Å²) >= 11 is 0. The molecule has 1 N–H and O–H groups in total. The quantitative estimate of drug-likeness (QED) is 0.481. The van der Waals surface area contributed by atoms with Crippen LogP contribution in [0.25, 0.3) is 18.3 Å². The van der Waals surface area contributed by atoms with E-state index in [2.05, 4.69) is 17.7 Å². The number of aromatic amines is 1. The predicted molar refractivity (Wildman–Crippen MR) is 128 cm³/mol. The molecule has 1 aromatic heterocycles. The first kappa shape index (κ1) is 21.7. The number of hydrogen-bond donors (Lipinski definition) is 1. The average Bonchev–Trinajstić information content (AvgIpc) is 3.13. The molecule has 0 bridgehead atoms. The van der Waals surface area contributed by atoms with Gasteiger partial charge in [-0.2, -0.15) is 5.26 Å². The van der Waals surface area contributed by atoms with E-state index in [0.717, 1.165) is 16.8 Å².